The molecule has 0 saturated carbocycles. The SMILES string of the molecule is CC(=O)c1ccc(SC(C(=O)O)C(C)C)c(F)c1. The lowest BCUT2D eigenvalue weighted by Gasteiger charge is -2.16. The number of rotatable bonds is 5. The maximum atomic E-state index is 13.7. The van der Waals surface area contributed by atoms with E-state index >= 15 is 0 Å². The molecule has 18 heavy (non-hydrogen) atoms. The van der Waals surface area contributed by atoms with Gasteiger partial charge in [-0.05, 0) is 25.0 Å². The number of thioether (sulfide) groups is 1. The van der Waals surface area contributed by atoms with E-state index < -0.39 is 17.0 Å². The number of carbonyl (C=O) groups excluding carboxylic acids is 1. The second-order valence-corrected chi connectivity index (χ2v) is 5.51. The maximum absolute atomic E-state index is 13.7. The number of Topliss-reactive ketones (excluding diaryl/α,β-unsaturated/α-hetero) is 1. The van der Waals surface area contributed by atoms with Crippen molar-refractivity contribution in [3.63, 3.8) is 0 Å². The Morgan fingerprint density at radius 1 is 1.33 bits per heavy atom. The van der Waals surface area contributed by atoms with Gasteiger partial charge in [-0.25, -0.2) is 4.39 Å². The third-order valence-corrected chi connectivity index (χ3v) is 4.03. The Balaban J connectivity index is 2.97. The van der Waals surface area contributed by atoms with Crippen LogP contribution in [0.1, 0.15) is 31.1 Å². The summed E-state index contributed by atoms with van der Waals surface area (Å²) < 4.78 is 13.7. The molecule has 0 amide bonds. The van der Waals surface area contributed by atoms with Crippen LogP contribution in [0.15, 0.2) is 23.1 Å². The zero-order chi connectivity index (χ0) is 13.9. The van der Waals surface area contributed by atoms with Crippen molar-refractivity contribution >= 4 is 23.5 Å². The minimum atomic E-state index is -0.968. The quantitative estimate of drug-likeness (QED) is 0.659. The Morgan fingerprint density at radius 3 is 2.33 bits per heavy atom. The molecule has 0 heterocycles. The lowest BCUT2D eigenvalue weighted by molar-refractivity contribution is -0.137. The number of hydrogen-bond donors (Lipinski definition) is 1. The van der Waals surface area contributed by atoms with Crippen molar-refractivity contribution in [2.75, 3.05) is 0 Å². The third kappa shape index (κ3) is 3.57. The summed E-state index contributed by atoms with van der Waals surface area (Å²) in [6.07, 6.45) is 0. The van der Waals surface area contributed by atoms with Crippen LogP contribution in [0.2, 0.25) is 0 Å². The highest BCUT2D eigenvalue weighted by molar-refractivity contribution is 8.00. The molecule has 0 fully saturated rings. The second-order valence-electron chi connectivity index (χ2n) is 4.32. The molecule has 0 spiro atoms. The molecule has 0 bridgehead atoms. The van der Waals surface area contributed by atoms with Crippen LogP contribution >= 0.6 is 11.8 Å². The number of benzene rings is 1. The summed E-state index contributed by atoms with van der Waals surface area (Å²) in [6.45, 7) is 4.90. The van der Waals surface area contributed by atoms with E-state index in [1.165, 1.54) is 19.1 Å². The largest absolute Gasteiger partial charge is 0.480 e. The van der Waals surface area contributed by atoms with E-state index in [2.05, 4.69) is 0 Å². The molecular formula is C13H15FO3S. The summed E-state index contributed by atoms with van der Waals surface area (Å²) in [5.41, 5.74) is 0.285. The lowest BCUT2D eigenvalue weighted by Crippen LogP contribution is -2.22. The Hall–Kier alpha value is -1.36. The zero-order valence-electron chi connectivity index (χ0n) is 10.4. The summed E-state index contributed by atoms with van der Waals surface area (Å²) in [7, 11) is 0. The molecule has 1 atom stereocenters. The Bertz CT molecular complexity index is 471. The molecule has 0 aromatic heterocycles. The molecule has 1 aromatic rings. The van der Waals surface area contributed by atoms with E-state index in [1.54, 1.807) is 13.8 Å². The fourth-order valence-corrected chi connectivity index (χ4v) is 2.39. The number of ketones is 1. The second kappa shape index (κ2) is 6.00. The smallest absolute Gasteiger partial charge is 0.317 e. The van der Waals surface area contributed by atoms with Crippen molar-refractivity contribution in [3.8, 4) is 0 Å². The summed E-state index contributed by atoms with van der Waals surface area (Å²) >= 11 is 0.966. The van der Waals surface area contributed by atoms with E-state index in [0.29, 0.717) is 0 Å². The highest BCUT2D eigenvalue weighted by Crippen LogP contribution is 2.30. The van der Waals surface area contributed by atoms with Crippen molar-refractivity contribution in [3.05, 3.63) is 29.6 Å². The van der Waals surface area contributed by atoms with Crippen LogP contribution in [0.4, 0.5) is 4.39 Å². The first-order valence-corrected chi connectivity index (χ1v) is 6.41. The van der Waals surface area contributed by atoms with Gasteiger partial charge in [-0.1, -0.05) is 19.9 Å². The first-order chi connectivity index (χ1) is 8.32. The van der Waals surface area contributed by atoms with Gasteiger partial charge in [-0.2, -0.15) is 0 Å². The zero-order valence-corrected chi connectivity index (χ0v) is 11.3. The van der Waals surface area contributed by atoms with Gasteiger partial charge in [-0.15, -0.1) is 11.8 Å². The van der Waals surface area contributed by atoms with Crippen LogP contribution < -0.4 is 0 Å². The number of carboxylic acids is 1. The van der Waals surface area contributed by atoms with Gasteiger partial charge in [0.05, 0.1) is 0 Å². The highest BCUT2D eigenvalue weighted by atomic mass is 32.2. The maximum Gasteiger partial charge on any atom is 0.317 e. The number of carboxylic acid groups (broad SMARTS) is 1. The molecule has 3 nitrogen and oxygen atoms in total. The van der Waals surface area contributed by atoms with E-state index in [-0.39, 0.29) is 22.2 Å². The van der Waals surface area contributed by atoms with E-state index in [4.69, 9.17) is 5.11 Å². The van der Waals surface area contributed by atoms with Gasteiger partial charge in [-0.3, -0.25) is 9.59 Å². The highest BCUT2D eigenvalue weighted by Gasteiger charge is 2.24. The van der Waals surface area contributed by atoms with Gasteiger partial charge >= 0.3 is 5.97 Å². The summed E-state index contributed by atoms with van der Waals surface area (Å²) in [4.78, 5) is 22.4. The number of aliphatic carboxylic acids is 1. The predicted molar refractivity (Wildman–Crippen MR) is 68.5 cm³/mol. The number of hydrogen-bond acceptors (Lipinski definition) is 3. The molecule has 1 rings (SSSR count). The molecule has 5 heteroatoms. The minimum absolute atomic E-state index is 0.112. The first-order valence-electron chi connectivity index (χ1n) is 5.53. The summed E-state index contributed by atoms with van der Waals surface area (Å²) in [5.74, 6) is -1.85. The van der Waals surface area contributed by atoms with Gasteiger partial charge < -0.3 is 5.11 Å². The lowest BCUT2D eigenvalue weighted by atomic mass is 10.1. The van der Waals surface area contributed by atoms with Gasteiger partial charge in [0.25, 0.3) is 0 Å². The normalized spacial score (nSPS) is 12.5. The van der Waals surface area contributed by atoms with Gasteiger partial charge in [0.15, 0.2) is 5.78 Å². The topological polar surface area (TPSA) is 54.4 Å². The van der Waals surface area contributed by atoms with Gasteiger partial charge in [0.2, 0.25) is 0 Å². The van der Waals surface area contributed by atoms with Crippen LogP contribution in [-0.4, -0.2) is 22.1 Å². The van der Waals surface area contributed by atoms with Crippen LogP contribution in [0.3, 0.4) is 0 Å². The molecule has 0 saturated heterocycles. The fourth-order valence-electron chi connectivity index (χ4n) is 1.42. The molecule has 0 aliphatic heterocycles. The average molecular weight is 270 g/mol. The third-order valence-electron chi connectivity index (χ3n) is 2.44. The van der Waals surface area contributed by atoms with Crippen LogP contribution in [0.5, 0.6) is 0 Å². The number of carbonyl (C=O) groups is 2. The van der Waals surface area contributed by atoms with Crippen LogP contribution in [0.25, 0.3) is 0 Å². The molecule has 98 valence electrons. The molecule has 0 radical (unpaired) electrons. The molecule has 0 aliphatic carbocycles. The summed E-state index contributed by atoms with van der Waals surface area (Å²) in [5, 5.41) is 8.34. The molecule has 1 unspecified atom stereocenters. The Morgan fingerprint density at radius 2 is 1.94 bits per heavy atom. The van der Waals surface area contributed by atoms with Crippen molar-refractivity contribution in [2.24, 2.45) is 5.92 Å². The molecular weight excluding hydrogens is 255 g/mol. The first kappa shape index (κ1) is 14.7. The van der Waals surface area contributed by atoms with Crippen molar-refractivity contribution in [1.29, 1.82) is 0 Å². The Kier molecular flexibility index (Phi) is 4.90. The van der Waals surface area contributed by atoms with Crippen molar-refractivity contribution in [2.45, 2.75) is 30.9 Å². The molecule has 1 aromatic carbocycles. The average Bonchev–Trinajstić information content (AvgIpc) is 2.25. The van der Waals surface area contributed by atoms with E-state index in [1.807, 2.05) is 0 Å². The van der Waals surface area contributed by atoms with Gasteiger partial charge in [0.1, 0.15) is 11.1 Å². The molecule has 0 aliphatic rings. The van der Waals surface area contributed by atoms with Crippen LogP contribution in [0, 0.1) is 11.7 Å². The Labute approximate surface area is 109 Å². The van der Waals surface area contributed by atoms with E-state index in [9.17, 15) is 14.0 Å². The summed E-state index contributed by atoms with van der Waals surface area (Å²) in [6, 6.07) is 4.10. The van der Waals surface area contributed by atoms with Crippen molar-refractivity contribution in [1.82, 2.24) is 0 Å². The number of halogens is 1. The standard InChI is InChI=1S/C13H15FO3S/c1-7(2)12(13(16)17)18-11-5-4-9(8(3)15)6-10(11)14/h4-7,12H,1-3H3,(H,16,17). The van der Waals surface area contributed by atoms with Gasteiger partial charge in [0, 0.05) is 10.5 Å². The predicted octanol–water partition coefficient (Wildman–Crippen LogP) is 3.23. The monoisotopic (exact) mass is 270 g/mol. The molecule has 1 N–H and O–H groups in total. The fraction of sp³-hybridized carbons (Fsp3) is 0.385. The minimum Gasteiger partial charge on any atom is -0.480 e. The van der Waals surface area contributed by atoms with Crippen LogP contribution in [-0.2, 0) is 4.79 Å². The van der Waals surface area contributed by atoms with E-state index in [0.717, 1.165) is 17.8 Å². The van der Waals surface area contributed by atoms with Crippen molar-refractivity contribution < 1.29 is 19.1 Å².